The molecule has 1 atom stereocenters. The summed E-state index contributed by atoms with van der Waals surface area (Å²) < 4.78 is 1.20. The molecule has 1 aromatic heterocycles. The molecule has 0 spiro atoms. The Morgan fingerprint density at radius 1 is 0.931 bits per heavy atom. The molecule has 0 aliphatic rings. The second-order valence-corrected chi connectivity index (χ2v) is 6.98. The molecule has 1 amide bonds. The lowest BCUT2D eigenvalue weighted by molar-refractivity contribution is -0.122. The number of hydrogen-bond donors (Lipinski definition) is 1. The molecule has 0 aliphatic heterocycles. The number of hydrogen-bond acceptors (Lipinski definition) is 3. The van der Waals surface area contributed by atoms with Crippen molar-refractivity contribution in [2.45, 2.75) is 19.5 Å². The summed E-state index contributed by atoms with van der Waals surface area (Å²) >= 11 is 0. The van der Waals surface area contributed by atoms with Gasteiger partial charge in [-0.25, -0.2) is 4.68 Å². The molecule has 0 saturated heterocycles. The molecular formula is C24H21N3O2. The maximum absolute atomic E-state index is 12.5. The fourth-order valence-electron chi connectivity index (χ4n) is 3.31. The van der Waals surface area contributed by atoms with Crippen molar-refractivity contribution in [3.05, 3.63) is 101 Å². The summed E-state index contributed by atoms with van der Waals surface area (Å²) in [7, 11) is 0. The van der Waals surface area contributed by atoms with Gasteiger partial charge in [0.05, 0.1) is 11.7 Å². The summed E-state index contributed by atoms with van der Waals surface area (Å²) in [5.74, 6) is -0.259. The van der Waals surface area contributed by atoms with Crippen molar-refractivity contribution in [3.63, 3.8) is 0 Å². The van der Waals surface area contributed by atoms with Crippen LogP contribution in [0.25, 0.3) is 22.0 Å². The first-order valence-electron chi connectivity index (χ1n) is 9.52. The van der Waals surface area contributed by atoms with Gasteiger partial charge in [0.25, 0.3) is 5.56 Å². The van der Waals surface area contributed by atoms with E-state index in [0.717, 1.165) is 21.9 Å². The Bertz CT molecular complexity index is 1220. The van der Waals surface area contributed by atoms with E-state index in [0.29, 0.717) is 5.69 Å². The lowest BCUT2D eigenvalue weighted by atomic mass is 10.0. The quantitative estimate of drug-likeness (QED) is 0.568. The minimum absolute atomic E-state index is 0.128. The number of nitrogens with zero attached hydrogens (tertiary/aromatic N) is 2. The zero-order chi connectivity index (χ0) is 20.2. The number of carbonyl (C=O) groups is 1. The topological polar surface area (TPSA) is 64.0 Å². The molecule has 1 N–H and O–H groups in total. The Balaban J connectivity index is 1.49. The Kier molecular flexibility index (Phi) is 5.20. The van der Waals surface area contributed by atoms with Gasteiger partial charge in [0, 0.05) is 11.6 Å². The molecule has 144 valence electrons. The molecule has 0 radical (unpaired) electrons. The molecule has 4 aromatic rings. The van der Waals surface area contributed by atoms with Gasteiger partial charge in [-0.05, 0) is 35.4 Å². The Labute approximate surface area is 168 Å². The summed E-state index contributed by atoms with van der Waals surface area (Å²) in [6.45, 7) is 1.80. The van der Waals surface area contributed by atoms with Crippen LogP contribution in [0.3, 0.4) is 0 Å². The van der Waals surface area contributed by atoms with Crippen LogP contribution >= 0.6 is 0 Å². The van der Waals surface area contributed by atoms with E-state index >= 15 is 0 Å². The molecule has 0 fully saturated rings. The van der Waals surface area contributed by atoms with Crippen LogP contribution in [0.2, 0.25) is 0 Å². The molecule has 5 nitrogen and oxygen atoms in total. The highest BCUT2D eigenvalue weighted by atomic mass is 16.2. The maximum atomic E-state index is 12.5. The average molecular weight is 383 g/mol. The fourth-order valence-corrected chi connectivity index (χ4v) is 3.31. The SMILES string of the molecule is CC(NC(=O)Cn1nc(-c2ccccc2)ccc1=O)c1ccc2ccccc2c1. The maximum Gasteiger partial charge on any atom is 0.267 e. The van der Waals surface area contributed by atoms with Gasteiger partial charge in [-0.15, -0.1) is 0 Å². The molecule has 0 aliphatic carbocycles. The van der Waals surface area contributed by atoms with E-state index in [2.05, 4.69) is 22.5 Å². The number of rotatable bonds is 5. The van der Waals surface area contributed by atoms with E-state index in [9.17, 15) is 9.59 Å². The summed E-state index contributed by atoms with van der Waals surface area (Å²) in [5, 5.41) is 9.58. The molecule has 4 rings (SSSR count). The van der Waals surface area contributed by atoms with E-state index in [1.54, 1.807) is 6.07 Å². The number of amides is 1. The van der Waals surface area contributed by atoms with Gasteiger partial charge in [-0.1, -0.05) is 66.7 Å². The molecule has 0 bridgehead atoms. The smallest absolute Gasteiger partial charge is 0.267 e. The number of aromatic nitrogens is 2. The monoisotopic (exact) mass is 383 g/mol. The second-order valence-electron chi connectivity index (χ2n) is 6.98. The minimum Gasteiger partial charge on any atom is -0.348 e. The second kappa shape index (κ2) is 8.10. The van der Waals surface area contributed by atoms with Gasteiger partial charge < -0.3 is 5.32 Å². The van der Waals surface area contributed by atoms with Crippen LogP contribution in [0, 0.1) is 0 Å². The van der Waals surface area contributed by atoms with Gasteiger partial charge >= 0.3 is 0 Å². The van der Waals surface area contributed by atoms with Crippen molar-refractivity contribution in [2.75, 3.05) is 0 Å². The van der Waals surface area contributed by atoms with Crippen molar-refractivity contribution in [1.82, 2.24) is 15.1 Å². The third kappa shape index (κ3) is 4.24. The number of carbonyl (C=O) groups excluding carboxylic acids is 1. The van der Waals surface area contributed by atoms with Crippen LogP contribution < -0.4 is 10.9 Å². The van der Waals surface area contributed by atoms with Crippen LogP contribution in [0.1, 0.15) is 18.5 Å². The molecule has 0 saturated carbocycles. The van der Waals surface area contributed by atoms with Crippen molar-refractivity contribution in [3.8, 4) is 11.3 Å². The van der Waals surface area contributed by atoms with Crippen LogP contribution in [0.15, 0.2) is 89.7 Å². The van der Waals surface area contributed by atoms with Crippen molar-refractivity contribution < 1.29 is 4.79 Å². The first-order valence-corrected chi connectivity index (χ1v) is 9.52. The molecule has 29 heavy (non-hydrogen) atoms. The predicted molar refractivity (Wildman–Crippen MR) is 114 cm³/mol. The van der Waals surface area contributed by atoms with Crippen molar-refractivity contribution in [2.24, 2.45) is 0 Å². The van der Waals surface area contributed by atoms with E-state index < -0.39 is 0 Å². The summed E-state index contributed by atoms with van der Waals surface area (Å²) in [5.41, 5.74) is 2.25. The lowest BCUT2D eigenvalue weighted by Gasteiger charge is -2.15. The molecule has 5 heteroatoms. The van der Waals surface area contributed by atoms with Crippen LogP contribution in [0.5, 0.6) is 0 Å². The summed E-state index contributed by atoms with van der Waals surface area (Å²) in [6.07, 6.45) is 0. The van der Waals surface area contributed by atoms with Gasteiger partial charge in [0.15, 0.2) is 0 Å². The molecule has 1 unspecified atom stereocenters. The first-order chi connectivity index (χ1) is 14.1. The van der Waals surface area contributed by atoms with E-state index in [-0.39, 0.29) is 24.1 Å². The zero-order valence-electron chi connectivity index (χ0n) is 16.1. The molecule has 3 aromatic carbocycles. The third-order valence-corrected chi connectivity index (χ3v) is 4.88. The Morgan fingerprint density at radius 3 is 2.45 bits per heavy atom. The van der Waals surface area contributed by atoms with E-state index in [1.165, 1.54) is 10.7 Å². The van der Waals surface area contributed by atoms with Gasteiger partial charge in [-0.2, -0.15) is 5.10 Å². The molecular weight excluding hydrogens is 362 g/mol. The largest absolute Gasteiger partial charge is 0.348 e. The normalized spacial score (nSPS) is 11.9. The standard InChI is InChI=1S/C24H21N3O2/c1-17(20-12-11-18-7-5-6-10-21(18)15-20)25-23(28)16-27-24(29)14-13-22(26-27)19-8-3-2-4-9-19/h2-15,17H,16H2,1H3,(H,25,28). The number of benzene rings is 3. The fraction of sp³-hybridized carbons (Fsp3) is 0.125. The predicted octanol–water partition coefficient (Wildman–Crippen LogP) is 3.94. The first kappa shape index (κ1) is 18.6. The average Bonchev–Trinajstić information content (AvgIpc) is 2.75. The third-order valence-electron chi connectivity index (χ3n) is 4.88. The van der Waals surface area contributed by atoms with E-state index in [4.69, 9.17) is 0 Å². The highest BCUT2D eigenvalue weighted by Gasteiger charge is 2.12. The Morgan fingerprint density at radius 2 is 1.66 bits per heavy atom. The van der Waals surface area contributed by atoms with Crippen LogP contribution in [-0.4, -0.2) is 15.7 Å². The Hall–Kier alpha value is -3.73. The zero-order valence-corrected chi connectivity index (χ0v) is 16.1. The van der Waals surface area contributed by atoms with Crippen molar-refractivity contribution in [1.29, 1.82) is 0 Å². The van der Waals surface area contributed by atoms with Crippen LogP contribution in [0.4, 0.5) is 0 Å². The summed E-state index contributed by atoms with van der Waals surface area (Å²) in [4.78, 5) is 24.7. The molecule has 1 heterocycles. The van der Waals surface area contributed by atoms with Crippen molar-refractivity contribution >= 4 is 16.7 Å². The minimum atomic E-state index is -0.307. The highest BCUT2D eigenvalue weighted by molar-refractivity contribution is 5.83. The highest BCUT2D eigenvalue weighted by Crippen LogP contribution is 2.20. The van der Waals surface area contributed by atoms with Gasteiger partial charge in [0.2, 0.25) is 5.91 Å². The lowest BCUT2D eigenvalue weighted by Crippen LogP contribution is -2.34. The summed E-state index contributed by atoms with van der Waals surface area (Å²) in [6, 6.07) is 26.7. The van der Waals surface area contributed by atoms with Gasteiger partial charge in [0.1, 0.15) is 6.54 Å². The van der Waals surface area contributed by atoms with Gasteiger partial charge in [-0.3, -0.25) is 9.59 Å². The number of fused-ring (bicyclic) bond motifs is 1. The number of nitrogens with one attached hydrogen (secondary N) is 1. The van der Waals surface area contributed by atoms with E-state index in [1.807, 2.05) is 67.6 Å². The van der Waals surface area contributed by atoms with Crippen LogP contribution in [-0.2, 0) is 11.3 Å².